The molecular weight excluding hydrogens is 348 g/mol. The third kappa shape index (κ3) is 3.11. The first-order valence-corrected chi connectivity index (χ1v) is 9.75. The lowest BCUT2D eigenvalue weighted by Gasteiger charge is -2.39. The lowest BCUT2D eigenvalue weighted by molar-refractivity contribution is -0.138. The van der Waals surface area contributed by atoms with Crippen LogP contribution < -0.4 is 4.90 Å². The highest BCUT2D eigenvalue weighted by Crippen LogP contribution is 2.31. The minimum Gasteiger partial charge on any atom is -0.329 e. The molecular formula is C19H22N4O2S. The van der Waals surface area contributed by atoms with Crippen LogP contribution in [-0.2, 0) is 9.59 Å². The third-order valence-electron chi connectivity index (χ3n) is 5.00. The molecule has 0 N–H and O–H groups in total. The minimum absolute atomic E-state index is 0.00902. The molecule has 136 valence electrons. The number of aryl methyl sites for hydroxylation is 1. The number of piperazine rings is 1. The fraction of sp³-hybridized carbons (Fsp3) is 0.421. The maximum Gasteiger partial charge on any atom is 0.246 e. The molecule has 3 aliphatic heterocycles. The van der Waals surface area contributed by atoms with E-state index in [0.29, 0.717) is 13.0 Å². The Morgan fingerprint density at radius 3 is 3.00 bits per heavy atom. The minimum atomic E-state index is -0.0275. The second-order valence-electron chi connectivity index (χ2n) is 6.93. The van der Waals surface area contributed by atoms with Crippen molar-refractivity contribution in [1.29, 1.82) is 0 Å². The molecule has 4 rings (SSSR count). The van der Waals surface area contributed by atoms with E-state index in [1.807, 2.05) is 43.5 Å². The number of hydrogen-bond acceptors (Lipinski definition) is 5. The van der Waals surface area contributed by atoms with Gasteiger partial charge in [-0.3, -0.25) is 14.6 Å². The number of aliphatic imine (C=N–C) groups is 1. The van der Waals surface area contributed by atoms with Crippen LogP contribution in [0.4, 0.5) is 5.69 Å². The van der Waals surface area contributed by atoms with Crippen LogP contribution in [0.5, 0.6) is 0 Å². The zero-order chi connectivity index (χ0) is 18.3. The van der Waals surface area contributed by atoms with Gasteiger partial charge in [0.15, 0.2) is 5.17 Å². The van der Waals surface area contributed by atoms with Gasteiger partial charge in [-0.2, -0.15) is 0 Å². The van der Waals surface area contributed by atoms with Gasteiger partial charge in [-0.25, -0.2) is 0 Å². The number of hydrogen-bond donors (Lipinski definition) is 0. The Balaban J connectivity index is 1.43. The molecule has 0 spiro atoms. The van der Waals surface area contributed by atoms with Gasteiger partial charge in [0.05, 0.1) is 13.0 Å². The third-order valence-corrected chi connectivity index (χ3v) is 5.95. The predicted octanol–water partition coefficient (Wildman–Crippen LogP) is 2.21. The van der Waals surface area contributed by atoms with E-state index in [1.54, 1.807) is 21.6 Å². The lowest BCUT2D eigenvalue weighted by Crippen LogP contribution is -2.57. The zero-order valence-corrected chi connectivity index (χ0v) is 15.8. The molecule has 0 saturated carbocycles. The number of fused-ring (bicyclic) bond motifs is 1. The van der Waals surface area contributed by atoms with Gasteiger partial charge in [-0.1, -0.05) is 23.9 Å². The van der Waals surface area contributed by atoms with E-state index in [4.69, 9.17) is 0 Å². The van der Waals surface area contributed by atoms with Crippen LogP contribution in [0, 0.1) is 6.92 Å². The molecule has 1 aromatic rings. The van der Waals surface area contributed by atoms with Gasteiger partial charge < -0.3 is 14.7 Å². The van der Waals surface area contributed by atoms with Crippen molar-refractivity contribution < 1.29 is 9.59 Å². The molecule has 0 unspecified atom stereocenters. The molecule has 0 radical (unpaired) electrons. The van der Waals surface area contributed by atoms with Crippen LogP contribution >= 0.6 is 11.8 Å². The monoisotopic (exact) mass is 370 g/mol. The van der Waals surface area contributed by atoms with Crippen molar-refractivity contribution in [2.45, 2.75) is 26.3 Å². The summed E-state index contributed by atoms with van der Waals surface area (Å²) in [4.78, 5) is 35.5. The fourth-order valence-electron chi connectivity index (χ4n) is 3.60. The first kappa shape index (κ1) is 17.1. The van der Waals surface area contributed by atoms with Gasteiger partial charge >= 0.3 is 0 Å². The molecule has 0 aliphatic carbocycles. The molecule has 0 aromatic heterocycles. The Hall–Kier alpha value is -2.28. The molecule has 26 heavy (non-hydrogen) atoms. The summed E-state index contributed by atoms with van der Waals surface area (Å²) in [6.07, 6.45) is 0.327. The number of rotatable bonds is 3. The second kappa shape index (κ2) is 6.79. The summed E-state index contributed by atoms with van der Waals surface area (Å²) >= 11 is 1.58. The number of anilines is 1. The molecule has 3 heterocycles. The van der Waals surface area contributed by atoms with Gasteiger partial charge in [0, 0.05) is 30.5 Å². The summed E-state index contributed by atoms with van der Waals surface area (Å²) in [5, 5.41) is 2.99. The molecule has 0 bridgehead atoms. The normalized spacial score (nSPS) is 22.5. The van der Waals surface area contributed by atoms with Gasteiger partial charge in [0.25, 0.3) is 0 Å². The number of amides is 2. The smallest absolute Gasteiger partial charge is 0.246 e. The molecule has 1 aromatic carbocycles. The average molecular weight is 370 g/mol. The summed E-state index contributed by atoms with van der Waals surface area (Å²) in [5.41, 5.74) is 3.02. The average Bonchev–Trinajstić information content (AvgIpc) is 3.21. The summed E-state index contributed by atoms with van der Waals surface area (Å²) in [6, 6.07) is 7.92. The predicted molar refractivity (Wildman–Crippen MR) is 104 cm³/mol. The summed E-state index contributed by atoms with van der Waals surface area (Å²) in [7, 11) is 0. The van der Waals surface area contributed by atoms with Crippen LogP contribution in [0.3, 0.4) is 0 Å². The fourth-order valence-corrected chi connectivity index (χ4v) is 4.56. The van der Waals surface area contributed by atoms with Crippen molar-refractivity contribution in [2.75, 3.05) is 31.1 Å². The van der Waals surface area contributed by atoms with E-state index >= 15 is 0 Å². The number of carbonyl (C=O) groups is 2. The van der Waals surface area contributed by atoms with Crippen LogP contribution in [0.2, 0.25) is 0 Å². The number of amidine groups is 1. The van der Waals surface area contributed by atoms with Crippen LogP contribution in [0.15, 0.2) is 40.4 Å². The standard InChI is InChI=1S/C19H22N4O2S/c1-13-4-3-5-15(8-13)23-10-14(2)22(11-18(23)25)17(24)9-16-12-26-19-20-6-7-21(16)19/h3-5,8,12,14H,6-7,9-11H2,1-2H3/t14-/m0/s1. The maximum atomic E-state index is 12.8. The molecule has 1 atom stereocenters. The largest absolute Gasteiger partial charge is 0.329 e. The molecule has 1 fully saturated rings. The molecule has 1 saturated heterocycles. The van der Waals surface area contributed by atoms with Crippen LogP contribution in [0.25, 0.3) is 0 Å². The van der Waals surface area contributed by atoms with Gasteiger partial charge in [0.1, 0.15) is 6.54 Å². The van der Waals surface area contributed by atoms with Gasteiger partial charge in [-0.15, -0.1) is 0 Å². The maximum absolute atomic E-state index is 12.8. The van der Waals surface area contributed by atoms with Crippen molar-refractivity contribution in [1.82, 2.24) is 9.80 Å². The Bertz CT molecular complexity index is 820. The van der Waals surface area contributed by atoms with E-state index in [2.05, 4.69) is 9.89 Å². The topological polar surface area (TPSA) is 56.2 Å². The van der Waals surface area contributed by atoms with Crippen molar-refractivity contribution in [2.24, 2.45) is 4.99 Å². The van der Waals surface area contributed by atoms with Crippen LogP contribution in [0.1, 0.15) is 18.9 Å². The SMILES string of the molecule is Cc1cccc(N2C[C@H](C)N(C(=O)CC3=CSC4=NCCN34)CC2=O)c1. The number of carbonyl (C=O) groups excluding carboxylic acids is 2. The van der Waals surface area contributed by atoms with Gasteiger partial charge in [-0.05, 0) is 37.0 Å². The number of benzene rings is 1. The molecule has 6 nitrogen and oxygen atoms in total. The van der Waals surface area contributed by atoms with Crippen molar-refractivity contribution in [3.8, 4) is 0 Å². The molecule has 3 aliphatic rings. The van der Waals surface area contributed by atoms with E-state index in [0.717, 1.165) is 35.2 Å². The Morgan fingerprint density at radius 2 is 2.19 bits per heavy atom. The highest BCUT2D eigenvalue weighted by atomic mass is 32.2. The van der Waals surface area contributed by atoms with Crippen LogP contribution in [-0.4, -0.2) is 59.0 Å². The second-order valence-corrected chi connectivity index (χ2v) is 7.77. The summed E-state index contributed by atoms with van der Waals surface area (Å²) in [5.74, 6) is -0.0185. The number of thioether (sulfide) groups is 1. The van der Waals surface area contributed by atoms with Gasteiger partial charge in [0.2, 0.25) is 11.8 Å². The van der Waals surface area contributed by atoms with E-state index in [9.17, 15) is 9.59 Å². The quantitative estimate of drug-likeness (QED) is 0.819. The van der Waals surface area contributed by atoms with E-state index in [1.165, 1.54) is 0 Å². The highest BCUT2D eigenvalue weighted by Gasteiger charge is 2.35. The van der Waals surface area contributed by atoms with Crippen molar-refractivity contribution in [3.05, 3.63) is 40.9 Å². The first-order chi connectivity index (χ1) is 12.5. The van der Waals surface area contributed by atoms with Crippen molar-refractivity contribution >= 4 is 34.4 Å². The lowest BCUT2D eigenvalue weighted by atomic mass is 10.1. The Kier molecular flexibility index (Phi) is 4.48. The van der Waals surface area contributed by atoms with Crippen molar-refractivity contribution in [3.63, 3.8) is 0 Å². The highest BCUT2D eigenvalue weighted by molar-refractivity contribution is 8.16. The number of nitrogens with zero attached hydrogens (tertiary/aromatic N) is 4. The zero-order valence-electron chi connectivity index (χ0n) is 15.0. The first-order valence-electron chi connectivity index (χ1n) is 8.87. The summed E-state index contributed by atoms with van der Waals surface area (Å²) in [6.45, 7) is 6.32. The Labute approximate surface area is 157 Å². The summed E-state index contributed by atoms with van der Waals surface area (Å²) < 4.78 is 0. The Morgan fingerprint density at radius 1 is 1.35 bits per heavy atom. The molecule has 2 amide bonds. The van der Waals surface area contributed by atoms with E-state index in [-0.39, 0.29) is 24.4 Å². The molecule has 7 heteroatoms. The van der Waals surface area contributed by atoms with E-state index < -0.39 is 0 Å².